The number of ether oxygens (including phenoxy) is 2. The Hall–Kier alpha value is -1.61. The second-order valence-electron chi connectivity index (χ2n) is 7.12. The maximum Gasteiger partial charge on any atom is 0.136 e. The molecule has 0 spiro atoms. The summed E-state index contributed by atoms with van der Waals surface area (Å²) in [7, 11) is 1.58. The molecule has 2 aliphatic rings. The first kappa shape index (κ1) is 17.2. The molecule has 5 heteroatoms. The maximum absolute atomic E-state index is 10.8. The van der Waals surface area contributed by atoms with Crippen LogP contribution in [0, 0.1) is 17.2 Å². The summed E-state index contributed by atoms with van der Waals surface area (Å²) in [4.78, 5) is 2.43. The zero-order valence-corrected chi connectivity index (χ0v) is 14.5. The van der Waals surface area contributed by atoms with E-state index in [0.29, 0.717) is 37.0 Å². The molecule has 0 amide bonds. The summed E-state index contributed by atoms with van der Waals surface area (Å²) in [5.41, 5.74) is 1.01. The summed E-state index contributed by atoms with van der Waals surface area (Å²) < 4.78 is 10.9. The number of nitrogens with zero attached hydrogens (tertiary/aromatic N) is 2. The molecule has 3 rings (SSSR count). The van der Waals surface area contributed by atoms with Crippen LogP contribution in [0.1, 0.15) is 37.3 Å². The van der Waals surface area contributed by atoms with E-state index in [9.17, 15) is 10.4 Å². The lowest BCUT2D eigenvalue weighted by atomic mass is 9.79. The van der Waals surface area contributed by atoms with E-state index in [1.165, 1.54) is 0 Å². The van der Waals surface area contributed by atoms with Gasteiger partial charge in [0.05, 0.1) is 24.9 Å². The van der Waals surface area contributed by atoms with Gasteiger partial charge in [-0.1, -0.05) is 6.07 Å². The number of benzene rings is 1. The molecule has 2 aliphatic heterocycles. The van der Waals surface area contributed by atoms with E-state index in [-0.39, 0.29) is 5.92 Å². The van der Waals surface area contributed by atoms with Crippen molar-refractivity contribution in [1.82, 2.24) is 4.90 Å². The SMILES string of the molecule is COc1ccc(CN2CCC[C@@H]2[C@H]2COCC[C@@]2(C)O)cc1C#N. The van der Waals surface area contributed by atoms with Crippen LogP contribution in [0.4, 0.5) is 0 Å². The summed E-state index contributed by atoms with van der Waals surface area (Å²) >= 11 is 0. The Morgan fingerprint density at radius 1 is 1.50 bits per heavy atom. The van der Waals surface area contributed by atoms with Gasteiger partial charge < -0.3 is 14.6 Å². The highest BCUT2D eigenvalue weighted by atomic mass is 16.5. The third-order valence-electron chi connectivity index (χ3n) is 5.50. The molecule has 5 nitrogen and oxygen atoms in total. The highest BCUT2D eigenvalue weighted by Crippen LogP contribution is 2.36. The highest BCUT2D eigenvalue weighted by Gasteiger charge is 2.43. The monoisotopic (exact) mass is 330 g/mol. The van der Waals surface area contributed by atoms with Gasteiger partial charge in [-0.05, 0) is 50.4 Å². The minimum Gasteiger partial charge on any atom is -0.495 e. The molecule has 2 heterocycles. The topological polar surface area (TPSA) is 65.7 Å². The molecule has 2 fully saturated rings. The Morgan fingerprint density at radius 2 is 2.33 bits per heavy atom. The lowest BCUT2D eigenvalue weighted by molar-refractivity contribution is -0.123. The molecule has 2 saturated heterocycles. The van der Waals surface area contributed by atoms with Crippen LogP contribution in [0.25, 0.3) is 0 Å². The molecule has 0 aliphatic carbocycles. The minimum atomic E-state index is -0.663. The molecule has 0 aromatic heterocycles. The number of likely N-dealkylation sites (tertiary alicyclic amines) is 1. The van der Waals surface area contributed by atoms with Crippen LogP contribution in [0.2, 0.25) is 0 Å². The molecule has 0 unspecified atom stereocenters. The normalized spacial score (nSPS) is 30.9. The Labute approximate surface area is 143 Å². The Morgan fingerprint density at radius 3 is 3.04 bits per heavy atom. The fourth-order valence-corrected chi connectivity index (χ4v) is 4.06. The van der Waals surface area contributed by atoms with Gasteiger partial charge in [0, 0.05) is 25.1 Å². The number of aliphatic hydroxyl groups is 1. The molecule has 1 aromatic rings. The minimum absolute atomic E-state index is 0.141. The molecule has 1 N–H and O–H groups in total. The van der Waals surface area contributed by atoms with Crippen molar-refractivity contribution in [2.75, 3.05) is 26.9 Å². The summed E-state index contributed by atoms with van der Waals surface area (Å²) in [6.45, 7) is 5.01. The number of methoxy groups -OCH3 is 1. The van der Waals surface area contributed by atoms with Gasteiger partial charge in [0.2, 0.25) is 0 Å². The van der Waals surface area contributed by atoms with Gasteiger partial charge in [0.1, 0.15) is 11.8 Å². The summed E-state index contributed by atoms with van der Waals surface area (Å²) in [6.07, 6.45) is 2.92. The first-order valence-electron chi connectivity index (χ1n) is 8.66. The number of rotatable bonds is 4. The first-order valence-corrected chi connectivity index (χ1v) is 8.66. The third kappa shape index (κ3) is 3.41. The van der Waals surface area contributed by atoms with Crippen molar-refractivity contribution in [3.05, 3.63) is 29.3 Å². The van der Waals surface area contributed by atoms with Crippen LogP contribution >= 0.6 is 0 Å². The zero-order chi connectivity index (χ0) is 17.2. The fraction of sp³-hybridized carbons (Fsp3) is 0.632. The Balaban J connectivity index is 1.76. The third-order valence-corrected chi connectivity index (χ3v) is 5.50. The average molecular weight is 330 g/mol. The van der Waals surface area contributed by atoms with E-state index >= 15 is 0 Å². The smallest absolute Gasteiger partial charge is 0.136 e. The van der Waals surface area contributed by atoms with E-state index < -0.39 is 5.60 Å². The quantitative estimate of drug-likeness (QED) is 0.918. The fourth-order valence-electron chi connectivity index (χ4n) is 4.06. The first-order chi connectivity index (χ1) is 11.5. The van der Waals surface area contributed by atoms with Crippen LogP contribution in [0.3, 0.4) is 0 Å². The average Bonchev–Trinajstić information content (AvgIpc) is 3.02. The van der Waals surface area contributed by atoms with Crippen LogP contribution in [0.5, 0.6) is 5.75 Å². The predicted octanol–water partition coefficient (Wildman–Crippen LogP) is 2.32. The number of nitriles is 1. The molecule has 24 heavy (non-hydrogen) atoms. The summed E-state index contributed by atoms with van der Waals surface area (Å²) in [6, 6.07) is 8.31. The molecular formula is C19H26N2O3. The Kier molecular flexibility index (Phi) is 5.09. The number of hydrogen-bond donors (Lipinski definition) is 1. The molecule has 0 bridgehead atoms. The standard InChI is InChI=1S/C19H26N2O3/c1-19(22)7-9-24-13-16(19)17-4-3-8-21(17)12-14-5-6-18(23-2)15(10-14)11-20/h5-6,10,16-17,22H,3-4,7-9,12-13H2,1-2H3/t16-,17-,19-/m1/s1. The van der Waals surface area contributed by atoms with Gasteiger partial charge in [-0.2, -0.15) is 5.26 Å². The van der Waals surface area contributed by atoms with E-state index in [4.69, 9.17) is 9.47 Å². The van der Waals surface area contributed by atoms with Crippen LogP contribution < -0.4 is 4.74 Å². The maximum atomic E-state index is 10.8. The van der Waals surface area contributed by atoms with Gasteiger partial charge in [0.25, 0.3) is 0 Å². The van der Waals surface area contributed by atoms with E-state index in [0.717, 1.165) is 31.5 Å². The van der Waals surface area contributed by atoms with Gasteiger partial charge in [-0.3, -0.25) is 4.90 Å². The van der Waals surface area contributed by atoms with Crippen molar-refractivity contribution in [2.45, 2.75) is 44.4 Å². The van der Waals surface area contributed by atoms with Crippen molar-refractivity contribution in [1.29, 1.82) is 5.26 Å². The lowest BCUT2D eigenvalue weighted by Crippen LogP contribution is -2.52. The summed E-state index contributed by atoms with van der Waals surface area (Å²) in [5, 5.41) is 20.0. The molecular weight excluding hydrogens is 304 g/mol. The lowest BCUT2D eigenvalue weighted by Gasteiger charge is -2.43. The van der Waals surface area contributed by atoms with Gasteiger partial charge in [-0.15, -0.1) is 0 Å². The van der Waals surface area contributed by atoms with Gasteiger partial charge in [0.15, 0.2) is 0 Å². The predicted molar refractivity (Wildman–Crippen MR) is 90.7 cm³/mol. The molecule has 0 saturated carbocycles. The Bertz CT molecular complexity index is 624. The highest BCUT2D eigenvalue weighted by molar-refractivity contribution is 5.45. The van der Waals surface area contributed by atoms with E-state index in [1.54, 1.807) is 7.11 Å². The van der Waals surface area contributed by atoms with Crippen molar-refractivity contribution in [3.8, 4) is 11.8 Å². The van der Waals surface area contributed by atoms with Crippen LogP contribution in [0.15, 0.2) is 18.2 Å². The van der Waals surface area contributed by atoms with Crippen molar-refractivity contribution < 1.29 is 14.6 Å². The van der Waals surface area contributed by atoms with Crippen molar-refractivity contribution in [2.24, 2.45) is 5.92 Å². The van der Waals surface area contributed by atoms with Crippen molar-refractivity contribution in [3.63, 3.8) is 0 Å². The van der Waals surface area contributed by atoms with E-state index in [2.05, 4.69) is 11.0 Å². The second kappa shape index (κ2) is 7.10. The second-order valence-corrected chi connectivity index (χ2v) is 7.12. The van der Waals surface area contributed by atoms with Crippen LogP contribution in [-0.2, 0) is 11.3 Å². The zero-order valence-electron chi connectivity index (χ0n) is 14.5. The molecule has 0 radical (unpaired) electrons. The van der Waals surface area contributed by atoms with E-state index in [1.807, 2.05) is 25.1 Å². The molecule has 3 atom stereocenters. The molecule has 1 aromatic carbocycles. The number of hydrogen-bond acceptors (Lipinski definition) is 5. The van der Waals surface area contributed by atoms with Crippen molar-refractivity contribution >= 4 is 0 Å². The summed E-state index contributed by atoms with van der Waals surface area (Å²) in [5.74, 6) is 0.755. The van der Waals surface area contributed by atoms with Gasteiger partial charge in [-0.25, -0.2) is 0 Å². The van der Waals surface area contributed by atoms with Crippen LogP contribution in [-0.4, -0.2) is 48.5 Å². The largest absolute Gasteiger partial charge is 0.495 e. The molecule has 130 valence electrons. The van der Waals surface area contributed by atoms with Gasteiger partial charge >= 0.3 is 0 Å².